The molecule has 0 aromatic rings. The molecule has 130 valence electrons. The molecule has 0 radical (unpaired) electrons. The third-order valence-electron chi connectivity index (χ3n) is 3.44. The van der Waals surface area contributed by atoms with Gasteiger partial charge in [0.25, 0.3) is 11.8 Å². The lowest BCUT2D eigenvalue weighted by Crippen LogP contribution is -2.32. The number of amides is 3. The van der Waals surface area contributed by atoms with E-state index in [-0.39, 0.29) is 31.6 Å². The molecule has 8 nitrogen and oxygen atoms in total. The Hall–Kier alpha value is -1.96. The molecule has 0 atom stereocenters. The van der Waals surface area contributed by atoms with Crippen LogP contribution in [0.1, 0.15) is 57.8 Å². The van der Waals surface area contributed by atoms with Gasteiger partial charge in [-0.25, -0.2) is 4.79 Å². The zero-order chi connectivity index (χ0) is 17.1. The smallest absolute Gasteiger partial charge is 0.333 e. The summed E-state index contributed by atoms with van der Waals surface area (Å²) in [6.07, 6.45) is 4.65. The molecular formula is C15H25N3O5. The number of rotatable bonds is 11. The molecule has 0 spiro atoms. The van der Waals surface area contributed by atoms with Crippen LogP contribution in [0.4, 0.5) is 0 Å². The molecule has 0 unspecified atom stereocenters. The highest BCUT2D eigenvalue weighted by Crippen LogP contribution is 2.13. The lowest BCUT2D eigenvalue weighted by molar-refractivity contribution is -0.197. The number of carbonyl (C=O) groups is 4. The van der Waals surface area contributed by atoms with Gasteiger partial charge in [0, 0.05) is 32.2 Å². The first-order valence-corrected chi connectivity index (χ1v) is 8.08. The van der Waals surface area contributed by atoms with E-state index in [9.17, 15) is 19.2 Å². The number of hydrogen-bond donors (Lipinski definition) is 2. The fourth-order valence-electron chi connectivity index (χ4n) is 2.14. The van der Waals surface area contributed by atoms with Gasteiger partial charge in [0.2, 0.25) is 5.91 Å². The minimum Gasteiger partial charge on any atom is -0.356 e. The highest BCUT2D eigenvalue weighted by atomic mass is 16.7. The monoisotopic (exact) mass is 327 g/mol. The Morgan fingerprint density at radius 2 is 1.65 bits per heavy atom. The minimum absolute atomic E-state index is 0.0129. The molecule has 0 saturated carbocycles. The van der Waals surface area contributed by atoms with Crippen LogP contribution in [0.5, 0.6) is 0 Å². The van der Waals surface area contributed by atoms with Crippen LogP contribution in [0.25, 0.3) is 0 Å². The molecule has 1 heterocycles. The quantitative estimate of drug-likeness (QED) is 0.419. The number of nitrogens with one attached hydrogen (secondary N) is 1. The maximum Gasteiger partial charge on any atom is 0.333 e. The molecule has 0 aromatic heterocycles. The topological polar surface area (TPSA) is 119 Å². The van der Waals surface area contributed by atoms with E-state index in [1.54, 1.807) is 0 Å². The molecule has 3 amide bonds. The summed E-state index contributed by atoms with van der Waals surface area (Å²) in [5.41, 5.74) is 5.39. The molecular weight excluding hydrogens is 302 g/mol. The van der Waals surface area contributed by atoms with E-state index in [4.69, 9.17) is 10.6 Å². The molecule has 8 heteroatoms. The highest BCUT2D eigenvalue weighted by Gasteiger charge is 2.32. The summed E-state index contributed by atoms with van der Waals surface area (Å²) in [5, 5.41) is 3.30. The third-order valence-corrected chi connectivity index (χ3v) is 3.44. The number of imide groups is 1. The Bertz CT molecular complexity index is 423. The number of unbranched alkanes of at least 4 members (excludes halogenated alkanes) is 3. The Morgan fingerprint density at radius 3 is 2.30 bits per heavy atom. The minimum atomic E-state index is -0.678. The van der Waals surface area contributed by atoms with Gasteiger partial charge in [0.05, 0.1) is 0 Å². The van der Waals surface area contributed by atoms with Gasteiger partial charge in [0.15, 0.2) is 0 Å². The molecule has 3 N–H and O–H groups in total. The molecule has 1 fully saturated rings. The molecule has 1 aliphatic heterocycles. The maximum absolute atomic E-state index is 11.6. The number of nitrogens with two attached hydrogens (primary N) is 1. The van der Waals surface area contributed by atoms with Crippen LogP contribution in [0, 0.1) is 0 Å². The van der Waals surface area contributed by atoms with Crippen molar-refractivity contribution in [3.05, 3.63) is 0 Å². The molecule has 23 heavy (non-hydrogen) atoms. The summed E-state index contributed by atoms with van der Waals surface area (Å²) in [7, 11) is 0. The van der Waals surface area contributed by atoms with Crippen LogP contribution in [0.3, 0.4) is 0 Å². The zero-order valence-electron chi connectivity index (χ0n) is 13.3. The van der Waals surface area contributed by atoms with Crippen molar-refractivity contribution in [2.24, 2.45) is 5.73 Å². The van der Waals surface area contributed by atoms with Crippen molar-refractivity contribution in [3.8, 4) is 0 Å². The molecule has 1 aliphatic rings. The second kappa shape index (κ2) is 10.7. The Morgan fingerprint density at radius 1 is 1.00 bits per heavy atom. The summed E-state index contributed by atoms with van der Waals surface area (Å²) >= 11 is 0. The predicted molar refractivity (Wildman–Crippen MR) is 81.6 cm³/mol. The zero-order valence-corrected chi connectivity index (χ0v) is 13.3. The van der Waals surface area contributed by atoms with Crippen molar-refractivity contribution in [3.63, 3.8) is 0 Å². The van der Waals surface area contributed by atoms with Crippen LogP contribution in [0.15, 0.2) is 0 Å². The molecule has 0 bridgehead atoms. The summed E-state index contributed by atoms with van der Waals surface area (Å²) < 4.78 is 0. The predicted octanol–water partition coefficient (Wildman–Crippen LogP) is 0.399. The van der Waals surface area contributed by atoms with Crippen molar-refractivity contribution in [2.75, 3.05) is 13.1 Å². The van der Waals surface area contributed by atoms with Gasteiger partial charge in [-0.05, 0) is 25.8 Å². The van der Waals surface area contributed by atoms with E-state index < -0.39 is 17.8 Å². The fraction of sp³-hybridized carbons (Fsp3) is 0.733. The molecule has 0 aliphatic carbocycles. The van der Waals surface area contributed by atoms with E-state index >= 15 is 0 Å². The van der Waals surface area contributed by atoms with Gasteiger partial charge >= 0.3 is 5.97 Å². The third kappa shape index (κ3) is 7.73. The first kappa shape index (κ1) is 19.1. The average Bonchev–Trinajstić information content (AvgIpc) is 2.82. The summed E-state index contributed by atoms with van der Waals surface area (Å²) in [5.74, 6) is -1.81. The molecule has 0 aromatic carbocycles. The molecule has 1 rings (SSSR count). The number of carbonyl (C=O) groups excluding carboxylic acids is 4. The lowest BCUT2D eigenvalue weighted by atomic mass is 10.2. The van der Waals surface area contributed by atoms with Crippen molar-refractivity contribution in [1.82, 2.24) is 10.4 Å². The van der Waals surface area contributed by atoms with Gasteiger partial charge in [0.1, 0.15) is 0 Å². The van der Waals surface area contributed by atoms with Crippen molar-refractivity contribution < 1.29 is 24.0 Å². The van der Waals surface area contributed by atoms with Gasteiger partial charge < -0.3 is 15.9 Å². The normalized spacial score (nSPS) is 14.2. The van der Waals surface area contributed by atoms with Gasteiger partial charge in [-0.15, -0.1) is 5.06 Å². The second-order valence-electron chi connectivity index (χ2n) is 5.45. The Labute approximate surface area is 135 Å². The summed E-state index contributed by atoms with van der Waals surface area (Å²) in [6.45, 7) is 1.31. The van der Waals surface area contributed by atoms with Gasteiger partial charge in [-0.3, -0.25) is 14.4 Å². The van der Waals surface area contributed by atoms with Gasteiger partial charge in [-0.1, -0.05) is 12.8 Å². The van der Waals surface area contributed by atoms with Crippen molar-refractivity contribution in [1.29, 1.82) is 0 Å². The van der Waals surface area contributed by atoms with E-state index in [0.717, 1.165) is 25.7 Å². The van der Waals surface area contributed by atoms with Crippen LogP contribution < -0.4 is 11.1 Å². The average molecular weight is 327 g/mol. The lowest BCUT2D eigenvalue weighted by Gasteiger charge is -2.12. The molecule has 1 saturated heterocycles. The summed E-state index contributed by atoms with van der Waals surface area (Å²) in [4.78, 5) is 50.3. The first-order valence-electron chi connectivity index (χ1n) is 8.08. The fourth-order valence-corrected chi connectivity index (χ4v) is 2.14. The van der Waals surface area contributed by atoms with Crippen LogP contribution >= 0.6 is 0 Å². The Kier molecular flexibility index (Phi) is 8.89. The van der Waals surface area contributed by atoms with Crippen LogP contribution in [-0.2, 0) is 24.0 Å². The number of hydrogen-bond acceptors (Lipinski definition) is 6. The van der Waals surface area contributed by atoms with Crippen LogP contribution in [-0.4, -0.2) is 41.8 Å². The van der Waals surface area contributed by atoms with Crippen LogP contribution in [0.2, 0.25) is 0 Å². The van der Waals surface area contributed by atoms with Gasteiger partial charge in [-0.2, -0.15) is 0 Å². The van der Waals surface area contributed by atoms with Crippen molar-refractivity contribution in [2.45, 2.75) is 57.8 Å². The standard InChI is InChI=1S/C15H25N3O5/c16-10-3-1-2-4-11-17-12(19)6-5-7-15(22)23-18-13(20)8-9-14(18)21/h1-11,16H2,(H,17,19). The van der Waals surface area contributed by atoms with E-state index in [2.05, 4.69) is 5.32 Å². The van der Waals surface area contributed by atoms with E-state index in [1.165, 1.54) is 0 Å². The van der Waals surface area contributed by atoms with E-state index in [1.807, 2.05) is 0 Å². The van der Waals surface area contributed by atoms with E-state index in [0.29, 0.717) is 24.6 Å². The number of nitrogens with zero attached hydrogens (tertiary/aromatic N) is 1. The summed E-state index contributed by atoms with van der Waals surface area (Å²) in [6, 6.07) is 0. The SMILES string of the molecule is NCCCCCCNC(=O)CCCC(=O)ON1C(=O)CCC1=O. The Balaban J connectivity index is 2.04. The second-order valence-corrected chi connectivity index (χ2v) is 5.45. The first-order chi connectivity index (χ1) is 11.0. The highest BCUT2D eigenvalue weighted by molar-refractivity contribution is 6.01. The number of hydroxylamine groups is 2. The largest absolute Gasteiger partial charge is 0.356 e. The maximum atomic E-state index is 11.6. The van der Waals surface area contributed by atoms with Crippen molar-refractivity contribution >= 4 is 23.7 Å².